The summed E-state index contributed by atoms with van der Waals surface area (Å²) in [6, 6.07) is 9.17. The van der Waals surface area contributed by atoms with Gasteiger partial charge < -0.3 is 5.73 Å². The monoisotopic (exact) mass is 300 g/mol. The van der Waals surface area contributed by atoms with E-state index in [4.69, 9.17) is 17.3 Å². The van der Waals surface area contributed by atoms with E-state index in [0.717, 1.165) is 6.07 Å². The summed E-state index contributed by atoms with van der Waals surface area (Å²) in [6.07, 6.45) is 0. The average Bonchev–Trinajstić information content (AvgIpc) is 2.27. The molecule has 0 unspecified atom stereocenters. The molecule has 0 amide bonds. The summed E-state index contributed by atoms with van der Waals surface area (Å²) >= 11 is 5.70. The third-order valence-corrected chi connectivity index (χ3v) is 4.03. The van der Waals surface area contributed by atoms with Crippen molar-refractivity contribution >= 4 is 33.0 Å². The minimum absolute atomic E-state index is 0.0244. The van der Waals surface area contributed by atoms with Crippen LogP contribution in [0.25, 0.3) is 0 Å². The summed E-state index contributed by atoms with van der Waals surface area (Å²) in [4.78, 5) is -0.110. The van der Waals surface area contributed by atoms with Crippen molar-refractivity contribution in [1.82, 2.24) is 0 Å². The van der Waals surface area contributed by atoms with E-state index in [9.17, 15) is 12.8 Å². The Balaban J connectivity index is 2.38. The quantitative estimate of drug-likeness (QED) is 0.856. The van der Waals surface area contributed by atoms with Gasteiger partial charge in [-0.25, -0.2) is 12.8 Å². The van der Waals surface area contributed by atoms with E-state index in [1.165, 1.54) is 36.4 Å². The van der Waals surface area contributed by atoms with Gasteiger partial charge in [0.15, 0.2) is 0 Å². The molecule has 0 aliphatic rings. The first-order chi connectivity index (χ1) is 8.88. The highest BCUT2D eigenvalue weighted by atomic mass is 35.5. The predicted octanol–water partition coefficient (Wildman–Crippen LogP) is 2.86. The summed E-state index contributed by atoms with van der Waals surface area (Å²) in [7, 11) is -3.88. The van der Waals surface area contributed by atoms with Crippen LogP contribution in [-0.2, 0) is 10.0 Å². The summed E-state index contributed by atoms with van der Waals surface area (Å²) in [5, 5.41) is 0.335. The van der Waals surface area contributed by atoms with Crippen molar-refractivity contribution in [3.05, 3.63) is 53.3 Å². The van der Waals surface area contributed by atoms with Gasteiger partial charge in [0.1, 0.15) is 10.7 Å². The Labute approximate surface area is 115 Å². The molecule has 19 heavy (non-hydrogen) atoms. The Morgan fingerprint density at radius 1 is 1.16 bits per heavy atom. The Kier molecular flexibility index (Phi) is 3.64. The number of nitrogens with two attached hydrogens (primary N) is 1. The topological polar surface area (TPSA) is 72.2 Å². The second kappa shape index (κ2) is 5.07. The van der Waals surface area contributed by atoms with E-state index in [1.54, 1.807) is 0 Å². The van der Waals surface area contributed by atoms with Gasteiger partial charge in [-0.15, -0.1) is 0 Å². The molecule has 0 atom stereocenters. The molecule has 0 saturated carbocycles. The lowest BCUT2D eigenvalue weighted by molar-refractivity contribution is 0.601. The fourth-order valence-corrected chi connectivity index (χ4v) is 2.87. The highest BCUT2D eigenvalue weighted by Gasteiger charge is 2.17. The number of hydrogen-bond donors (Lipinski definition) is 2. The van der Waals surface area contributed by atoms with Crippen molar-refractivity contribution in [3.8, 4) is 0 Å². The van der Waals surface area contributed by atoms with E-state index in [-0.39, 0.29) is 16.3 Å². The van der Waals surface area contributed by atoms with Crippen LogP contribution in [0.2, 0.25) is 5.02 Å². The van der Waals surface area contributed by atoms with Crippen molar-refractivity contribution in [2.24, 2.45) is 0 Å². The van der Waals surface area contributed by atoms with Gasteiger partial charge in [0, 0.05) is 5.02 Å². The molecular formula is C12H10ClFN2O2S. The summed E-state index contributed by atoms with van der Waals surface area (Å²) in [5.74, 6) is -0.538. The van der Waals surface area contributed by atoms with E-state index >= 15 is 0 Å². The lowest BCUT2D eigenvalue weighted by Gasteiger charge is -2.10. The predicted molar refractivity (Wildman–Crippen MR) is 73.1 cm³/mol. The molecule has 2 aromatic carbocycles. The van der Waals surface area contributed by atoms with Crippen LogP contribution in [-0.4, -0.2) is 8.42 Å². The Hall–Kier alpha value is -1.79. The van der Waals surface area contributed by atoms with Gasteiger partial charge in [0.05, 0.1) is 11.4 Å². The van der Waals surface area contributed by atoms with Crippen molar-refractivity contribution in [3.63, 3.8) is 0 Å². The molecule has 0 saturated heterocycles. The maximum absolute atomic E-state index is 13.0. The molecule has 0 spiro atoms. The highest BCUT2D eigenvalue weighted by Crippen LogP contribution is 2.24. The van der Waals surface area contributed by atoms with E-state index in [0.29, 0.717) is 5.02 Å². The molecule has 2 aromatic rings. The molecule has 3 N–H and O–H groups in total. The van der Waals surface area contributed by atoms with Gasteiger partial charge in [-0.1, -0.05) is 17.7 Å². The number of nitrogens with one attached hydrogen (secondary N) is 1. The Morgan fingerprint density at radius 3 is 2.53 bits per heavy atom. The van der Waals surface area contributed by atoms with E-state index in [1.807, 2.05) is 0 Å². The number of nitrogen functional groups attached to an aromatic ring is 1. The normalized spacial score (nSPS) is 11.3. The SMILES string of the molecule is Nc1cc(Cl)ccc1S(=O)(=O)Nc1cccc(F)c1. The first kappa shape index (κ1) is 13.6. The van der Waals surface area contributed by atoms with Crippen molar-refractivity contribution < 1.29 is 12.8 Å². The number of benzene rings is 2. The van der Waals surface area contributed by atoms with Crippen molar-refractivity contribution in [2.45, 2.75) is 4.90 Å². The van der Waals surface area contributed by atoms with Crippen LogP contribution in [0.4, 0.5) is 15.8 Å². The van der Waals surface area contributed by atoms with Gasteiger partial charge in [0.25, 0.3) is 10.0 Å². The minimum Gasteiger partial charge on any atom is -0.398 e. The van der Waals surface area contributed by atoms with Crippen LogP contribution in [0.1, 0.15) is 0 Å². The lowest BCUT2D eigenvalue weighted by atomic mass is 10.3. The molecule has 0 aliphatic heterocycles. The smallest absolute Gasteiger partial charge is 0.263 e. The lowest BCUT2D eigenvalue weighted by Crippen LogP contribution is -2.14. The standard InChI is InChI=1S/C12H10ClFN2O2S/c13-8-4-5-12(11(15)6-8)19(17,18)16-10-3-1-2-9(14)7-10/h1-7,16H,15H2. The molecule has 4 nitrogen and oxygen atoms in total. The number of sulfonamides is 1. The molecule has 0 aliphatic carbocycles. The maximum atomic E-state index is 13.0. The number of rotatable bonds is 3. The zero-order chi connectivity index (χ0) is 14.0. The van der Waals surface area contributed by atoms with Crippen molar-refractivity contribution in [2.75, 3.05) is 10.5 Å². The molecule has 0 radical (unpaired) electrons. The van der Waals surface area contributed by atoms with Gasteiger partial charge in [-0.2, -0.15) is 0 Å². The molecular weight excluding hydrogens is 291 g/mol. The van der Waals surface area contributed by atoms with Crippen LogP contribution in [0.5, 0.6) is 0 Å². The van der Waals surface area contributed by atoms with Gasteiger partial charge in [-0.05, 0) is 36.4 Å². The number of anilines is 2. The van der Waals surface area contributed by atoms with Crippen LogP contribution >= 0.6 is 11.6 Å². The zero-order valence-corrected chi connectivity index (χ0v) is 11.2. The minimum atomic E-state index is -3.88. The Bertz CT molecular complexity index is 719. The first-order valence-corrected chi connectivity index (χ1v) is 7.08. The molecule has 0 fully saturated rings. The largest absolute Gasteiger partial charge is 0.398 e. The third-order valence-electron chi connectivity index (χ3n) is 2.34. The molecule has 0 aromatic heterocycles. The Morgan fingerprint density at radius 2 is 1.89 bits per heavy atom. The van der Waals surface area contributed by atoms with Gasteiger partial charge in [0.2, 0.25) is 0 Å². The van der Waals surface area contributed by atoms with Crippen LogP contribution in [0, 0.1) is 5.82 Å². The molecule has 0 bridgehead atoms. The molecule has 7 heteroatoms. The van der Waals surface area contributed by atoms with Gasteiger partial charge in [-0.3, -0.25) is 4.72 Å². The highest BCUT2D eigenvalue weighted by molar-refractivity contribution is 7.92. The third kappa shape index (κ3) is 3.15. The summed E-state index contributed by atoms with van der Waals surface area (Å²) in [5.41, 5.74) is 5.76. The fraction of sp³-hybridized carbons (Fsp3) is 0. The molecule has 100 valence electrons. The number of hydrogen-bond acceptors (Lipinski definition) is 3. The summed E-state index contributed by atoms with van der Waals surface area (Å²) < 4.78 is 39.4. The number of halogens is 2. The molecule has 0 heterocycles. The van der Waals surface area contributed by atoms with Crippen molar-refractivity contribution in [1.29, 1.82) is 0 Å². The van der Waals surface area contributed by atoms with E-state index in [2.05, 4.69) is 4.72 Å². The zero-order valence-electron chi connectivity index (χ0n) is 9.60. The average molecular weight is 301 g/mol. The fourth-order valence-electron chi connectivity index (χ4n) is 1.53. The van der Waals surface area contributed by atoms with Gasteiger partial charge >= 0.3 is 0 Å². The first-order valence-electron chi connectivity index (χ1n) is 5.22. The summed E-state index contributed by atoms with van der Waals surface area (Å²) in [6.45, 7) is 0. The second-order valence-electron chi connectivity index (χ2n) is 3.80. The van der Waals surface area contributed by atoms with Crippen LogP contribution < -0.4 is 10.5 Å². The van der Waals surface area contributed by atoms with Crippen LogP contribution in [0.15, 0.2) is 47.4 Å². The second-order valence-corrected chi connectivity index (χ2v) is 5.89. The molecule has 2 rings (SSSR count). The van der Waals surface area contributed by atoms with E-state index < -0.39 is 15.8 Å². The van der Waals surface area contributed by atoms with Crippen LogP contribution in [0.3, 0.4) is 0 Å². The maximum Gasteiger partial charge on any atom is 0.263 e.